The van der Waals surface area contributed by atoms with Crippen molar-refractivity contribution in [1.29, 1.82) is 0 Å². The maximum atomic E-state index is 11.0. The van der Waals surface area contributed by atoms with Crippen LogP contribution in [0.25, 0.3) is 0 Å². The standard InChI is InChI=1S/C2HClF2O2.K/c3-2(4,5)1(6)7;/h(H,6,7);. The summed E-state index contributed by atoms with van der Waals surface area (Å²) < 4.78 is 22.0. The first-order chi connectivity index (χ1) is 2.94. The number of hydrogen-bond acceptors (Lipinski definition) is 1. The van der Waals surface area contributed by atoms with Crippen LogP contribution in [-0.4, -0.2) is 67.8 Å². The van der Waals surface area contributed by atoms with Crippen molar-refractivity contribution in [2.45, 2.75) is 5.38 Å². The van der Waals surface area contributed by atoms with Crippen molar-refractivity contribution in [2.24, 2.45) is 0 Å². The maximum absolute atomic E-state index is 11.0. The van der Waals surface area contributed by atoms with E-state index in [-0.39, 0.29) is 51.4 Å². The molecule has 0 aromatic carbocycles. The molecule has 2 nitrogen and oxygen atoms in total. The van der Waals surface area contributed by atoms with Gasteiger partial charge in [-0.1, -0.05) is 0 Å². The van der Waals surface area contributed by atoms with Crippen molar-refractivity contribution in [3.05, 3.63) is 0 Å². The van der Waals surface area contributed by atoms with Gasteiger partial charge in [0.25, 0.3) is 0 Å². The van der Waals surface area contributed by atoms with E-state index >= 15 is 0 Å². The van der Waals surface area contributed by atoms with Crippen LogP contribution in [0.1, 0.15) is 0 Å². The number of rotatable bonds is 1. The zero-order valence-electron chi connectivity index (χ0n) is 3.99. The second-order valence-corrected chi connectivity index (χ2v) is 1.28. The minimum atomic E-state index is -4.11. The summed E-state index contributed by atoms with van der Waals surface area (Å²) in [6, 6.07) is 0. The van der Waals surface area contributed by atoms with E-state index in [1.54, 1.807) is 0 Å². The summed E-state index contributed by atoms with van der Waals surface area (Å²) in [5.74, 6) is -2.32. The van der Waals surface area contributed by atoms with Gasteiger partial charge in [-0.3, -0.25) is 0 Å². The average Bonchev–Trinajstić information content (AvgIpc) is 1.31. The Morgan fingerprint density at radius 2 is 1.75 bits per heavy atom. The van der Waals surface area contributed by atoms with Gasteiger partial charge in [0.2, 0.25) is 0 Å². The third-order valence-corrected chi connectivity index (χ3v) is 0.404. The molecule has 1 radical (unpaired) electrons. The van der Waals surface area contributed by atoms with Crippen molar-refractivity contribution in [3.63, 3.8) is 0 Å². The first-order valence-electron chi connectivity index (χ1n) is 1.24. The van der Waals surface area contributed by atoms with Gasteiger partial charge < -0.3 is 5.11 Å². The normalized spacial score (nSPS) is 9.88. The van der Waals surface area contributed by atoms with E-state index < -0.39 is 11.4 Å². The average molecular weight is 170 g/mol. The number of hydrogen-bond donors (Lipinski definition) is 1. The van der Waals surface area contributed by atoms with E-state index in [9.17, 15) is 8.78 Å². The second kappa shape index (κ2) is 4.13. The van der Waals surface area contributed by atoms with Crippen molar-refractivity contribution in [3.8, 4) is 0 Å². The van der Waals surface area contributed by atoms with Gasteiger partial charge in [0.1, 0.15) is 0 Å². The SMILES string of the molecule is O=C(O)C(F)(F)Cl.[K]. The van der Waals surface area contributed by atoms with Gasteiger partial charge in [-0.2, -0.15) is 8.78 Å². The summed E-state index contributed by atoms with van der Waals surface area (Å²) in [6.45, 7) is 0. The number of alkyl halides is 3. The molecule has 0 unspecified atom stereocenters. The van der Waals surface area contributed by atoms with Crippen LogP contribution in [-0.2, 0) is 4.79 Å². The van der Waals surface area contributed by atoms with E-state index in [2.05, 4.69) is 11.6 Å². The summed E-state index contributed by atoms with van der Waals surface area (Å²) in [5, 5.41) is 3.26. The van der Waals surface area contributed by atoms with Crippen LogP contribution >= 0.6 is 11.6 Å². The molecule has 0 rings (SSSR count). The van der Waals surface area contributed by atoms with Crippen LogP contribution in [0.15, 0.2) is 0 Å². The second-order valence-electron chi connectivity index (χ2n) is 0.803. The zero-order valence-corrected chi connectivity index (χ0v) is 7.87. The monoisotopic (exact) mass is 169 g/mol. The van der Waals surface area contributed by atoms with Gasteiger partial charge in [0.05, 0.1) is 0 Å². The number of carboxylic acids is 1. The van der Waals surface area contributed by atoms with E-state index in [0.717, 1.165) is 0 Å². The fourth-order valence-corrected chi connectivity index (χ4v) is 0. The van der Waals surface area contributed by atoms with Crippen molar-refractivity contribution >= 4 is 69.0 Å². The molecule has 0 aliphatic heterocycles. The number of halogens is 3. The molecule has 0 aliphatic carbocycles. The van der Waals surface area contributed by atoms with Crippen LogP contribution in [0.3, 0.4) is 0 Å². The predicted molar refractivity (Wildman–Crippen MR) is 24.2 cm³/mol. The van der Waals surface area contributed by atoms with E-state index in [4.69, 9.17) is 9.90 Å². The molecule has 0 aromatic heterocycles. The largest absolute Gasteiger partial charge is 0.476 e. The Labute approximate surface area is 91.6 Å². The maximum Gasteiger partial charge on any atom is 0.417 e. The Hall–Kier alpha value is 1.26. The molecule has 6 heteroatoms. The molecular formula is C2HClF2KO2. The molecule has 0 aliphatic rings. The first-order valence-corrected chi connectivity index (χ1v) is 1.62. The van der Waals surface area contributed by atoms with E-state index in [1.807, 2.05) is 0 Å². The Morgan fingerprint density at radius 3 is 1.75 bits per heavy atom. The smallest absolute Gasteiger partial charge is 0.417 e. The van der Waals surface area contributed by atoms with Crippen LogP contribution in [0.2, 0.25) is 0 Å². The first kappa shape index (κ1) is 12.0. The molecule has 43 valence electrons. The number of carbonyl (C=O) groups is 1. The fourth-order valence-electron chi connectivity index (χ4n) is 0. The summed E-state index contributed by atoms with van der Waals surface area (Å²) in [6.07, 6.45) is 0. The summed E-state index contributed by atoms with van der Waals surface area (Å²) in [5.41, 5.74) is 0. The van der Waals surface area contributed by atoms with E-state index in [1.165, 1.54) is 0 Å². The molecule has 0 spiro atoms. The number of aliphatic carboxylic acids is 1. The molecule has 0 fully saturated rings. The minimum Gasteiger partial charge on any atom is -0.476 e. The zero-order chi connectivity index (χ0) is 6.08. The predicted octanol–water partition coefficient (Wildman–Crippen LogP) is 0.522. The van der Waals surface area contributed by atoms with Crippen LogP contribution in [0.5, 0.6) is 0 Å². The Kier molecular flexibility index (Phi) is 6.19. The van der Waals surface area contributed by atoms with Gasteiger partial charge >= 0.3 is 11.4 Å². The van der Waals surface area contributed by atoms with Crippen LogP contribution in [0, 0.1) is 0 Å². The van der Waals surface area contributed by atoms with Crippen molar-refractivity contribution in [1.82, 2.24) is 0 Å². The molecule has 0 aromatic rings. The number of carboxylic acid groups (broad SMARTS) is 1. The Morgan fingerprint density at radius 1 is 1.62 bits per heavy atom. The van der Waals surface area contributed by atoms with Gasteiger partial charge in [-0.15, -0.1) is 0 Å². The van der Waals surface area contributed by atoms with Gasteiger partial charge in [0.15, 0.2) is 0 Å². The topological polar surface area (TPSA) is 37.3 Å². The molecular weight excluding hydrogens is 169 g/mol. The van der Waals surface area contributed by atoms with Gasteiger partial charge in [-0.25, -0.2) is 4.79 Å². The summed E-state index contributed by atoms with van der Waals surface area (Å²) >= 11 is 3.94. The Balaban J connectivity index is 0. The molecule has 0 amide bonds. The molecule has 0 bridgehead atoms. The molecule has 1 N–H and O–H groups in total. The quantitative estimate of drug-likeness (QED) is 0.459. The molecule has 0 saturated heterocycles. The molecule has 0 heterocycles. The summed E-state index contributed by atoms with van der Waals surface area (Å²) in [4.78, 5) is 9.14. The van der Waals surface area contributed by atoms with Crippen molar-refractivity contribution < 1.29 is 18.7 Å². The van der Waals surface area contributed by atoms with Gasteiger partial charge in [-0.05, 0) is 11.6 Å². The third-order valence-electron chi connectivity index (χ3n) is 0.243. The summed E-state index contributed by atoms with van der Waals surface area (Å²) in [7, 11) is 0. The fraction of sp³-hybridized carbons (Fsp3) is 0.500. The van der Waals surface area contributed by atoms with Crippen LogP contribution in [0.4, 0.5) is 8.78 Å². The van der Waals surface area contributed by atoms with Crippen LogP contribution < -0.4 is 0 Å². The molecule has 8 heavy (non-hydrogen) atoms. The van der Waals surface area contributed by atoms with Crippen molar-refractivity contribution in [2.75, 3.05) is 0 Å². The third kappa shape index (κ3) is 5.39. The Bertz CT molecular complexity index is 90.5. The minimum absolute atomic E-state index is 0. The molecule has 0 atom stereocenters. The van der Waals surface area contributed by atoms with Gasteiger partial charge in [0, 0.05) is 51.4 Å². The molecule has 0 saturated carbocycles. The van der Waals surface area contributed by atoms with E-state index in [0.29, 0.717) is 0 Å².